The zero-order valence-corrected chi connectivity index (χ0v) is 18.8. The number of nitrogens with zero attached hydrogens (tertiary/aromatic N) is 1. The Morgan fingerprint density at radius 3 is 2.48 bits per heavy atom. The first kappa shape index (κ1) is 23.1. The predicted octanol–water partition coefficient (Wildman–Crippen LogP) is 4.98. The van der Waals surface area contributed by atoms with Crippen LogP contribution in [0, 0.1) is 0 Å². The topological polar surface area (TPSA) is 58.6 Å². The van der Waals surface area contributed by atoms with Crippen LogP contribution in [0.15, 0.2) is 54.6 Å². The molecular weight excluding hydrogens is 412 g/mol. The molecule has 2 aromatic carbocycles. The molecule has 0 saturated heterocycles. The molecule has 0 bridgehead atoms. The Morgan fingerprint density at radius 1 is 1.10 bits per heavy atom. The third kappa shape index (κ3) is 7.00. The summed E-state index contributed by atoms with van der Waals surface area (Å²) in [7, 11) is 0. The minimum absolute atomic E-state index is 0.0781. The molecule has 0 heterocycles. The molecule has 1 fully saturated rings. The van der Waals surface area contributed by atoms with Gasteiger partial charge in [0.2, 0.25) is 11.8 Å². The summed E-state index contributed by atoms with van der Waals surface area (Å²) in [6.07, 6.45) is 5.18. The number of nitrogens with one attached hydrogen (secondary N) is 1. The van der Waals surface area contributed by atoms with E-state index in [1.807, 2.05) is 48.5 Å². The van der Waals surface area contributed by atoms with E-state index in [9.17, 15) is 9.59 Å². The van der Waals surface area contributed by atoms with Gasteiger partial charge < -0.3 is 15.0 Å². The van der Waals surface area contributed by atoms with Crippen molar-refractivity contribution in [1.82, 2.24) is 10.2 Å². The number of hydrogen-bond acceptors (Lipinski definition) is 3. The second kappa shape index (κ2) is 11.8. The highest BCUT2D eigenvalue weighted by molar-refractivity contribution is 6.31. The van der Waals surface area contributed by atoms with Gasteiger partial charge in [0.1, 0.15) is 11.8 Å². The number of ether oxygens (including phenoxy) is 1. The third-order valence-electron chi connectivity index (χ3n) is 5.71. The van der Waals surface area contributed by atoms with E-state index in [4.69, 9.17) is 16.3 Å². The minimum Gasteiger partial charge on any atom is -0.494 e. The second-order valence-electron chi connectivity index (χ2n) is 8.04. The molecule has 2 amide bonds. The molecular formula is C25H31ClN2O3. The Bertz CT molecular complexity index is 853. The average Bonchev–Trinajstić information content (AvgIpc) is 3.29. The van der Waals surface area contributed by atoms with Gasteiger partial charge in [-0.25, -0.2) is 0 Å². The van der Waals surface area contributed by atoms with Crippen LogP contribution in [-0.2, 0) is 16.1 Å². The van der Waals surface area contributed by atoms with Crippen LogP contribution in [0.25, 0.3) is 0 Å². The molecule has 1 atom stereocenters. The molecule has 166 valence electrons. The van der Waals surface area contributed by atoms with Crippen molar-refractivity contribution in [3.63, 3.8) is 0 Å². The summed E-state index contributed by atoms with van der Waals surface area (Å²) in [5.41, 5.74) is 0.832. The summed E-state index contributed by atoms with van der Waals surface area (Å²) < 4.78 is 5.70. The van der Waals surface area contributed by atoms with E-state index in [0.717, 1.165) is 37.0 Å². The standard InChI is InChI=1S/C25H31ClN2O3/c1-19(25(30)27-21-11-6-7-12-21)28(18-20-10-5-8-15-23(20)26)24(29)16-9-17-31-22-13-3-2-4-14-22/h2-5,8,10,13-15,19,21H,6-7,9,11-12,16-18H2,1H3,(H,27,30)/t19-/m1/s1. The molecule has 31 heavy (non-hydrogen) atoms. The molecule has 0 aliphatic heterocycles. The van der Waals surface area contributed by atoms with E-state index in [1.165, 1.54) is 0 Å². The number of carbonyl (C=O) groups excluding carboxylic acids is 2. The van der Waals surface area contributed by atoms with Crippen molar-refractivity contribution in [2.45, 2.75) is 64.1 Å². The number of benzene rings is 2. The van der Waals surface area contributed by atoms with Crippen LogP contribution in [0.4, 0.5) is 0 Å². The first-order valence-corrected chi connectivity index (χ1v) is 11.4. The van der Waals surface area contributed by atoms with Gasteiger partial charge in [-0.2, -0.15) is 0 Å². The summed E-state index contributed by atoms with van der Waals surface area (Å²) in [6.45, 7) is 2.54. The zero-order chi connectivity index (χ0) is 22.1. The Morgan fingerprint density at radius 2 is 1.77 bits per heavy atom. The van der Waals surface area contributed by atoms with E-state index in [1.54, 1.807) is 17.9 Å². The monoisotopic (exact) mass is 442 g/mol. The maximum Gasteiger partial charge on any atom is 0.242 e. The van der Waals surface area contributed by atoms with Crippen LogP contribution in [0.1, 0.15) is 51.0 Å². The molecule has 2 aromatic rings. The highest BCUT2D eigenvalue weighted by atomic mass is 35.5. The highest BCUT2D eigenvalue weighted by Crippen LogP contribution is 2.21. The zero-order valence-electron chi connectivity index (χ0n) is 18.1. The van der Waals surface area contributed by atoms with Crippen LogP contribution in [-0.4, -0.2) is 35.4 Å². The van der Waals surface area contributed by atoms with Gasteiger partial charge in [-0.1, -0.05) is 60.8 Å². The Balaban J connectivity index is 1.61. The van der Waals surface area contributed by atoms with E-state index < -0.39 is 6.04 Å². The van der Waals surface area contributed by atoms with Crippen LogP contribution >= 0.6 is 11.6 Å². The van der Waals surface area contributed by atoms with Crippen molar-refractivity contribution in [2.24, 2.45) is 0 Å². The summed E-state index contributed by atoms with van der Waals surface area (Å²) >= 11 is 6.33. The molecule has 3 rings (SSSR count). The summed E-state index contributed by atoms with van der Waals surface area (Å²) in [5.74, 6) is 0.602. The Labute approximate surface area is 189 Å². The third-order valence-corrected chi connectivity index (χ3v) is 6.08. The van der Waals surface area contributed by atoms with Gasteiger partial charge in [0.15, 0.2) is 0 Å². The fourth-order valence-corrected chi connectivity index (χ4v) is 4.05. The number of carbonyl (C=O) groups is 2. The van der Waals surface area contributed by atoms with E-state index in [0.29, 0.717) is 31.0 Å². The first-order valence-electron chi connectivity index (χ1n) is 11.1. The van der Waals surface area contributed by atoms with Gasteiger partial charge in [0, 0.05) is 24.0 Å². The highest BCUT2D eigenvalue weighted by Gasteiger charge is 2.28. The van der Waals surface area contributed by atoms with Crippen molar-refractivity contribution in [1.29, 1.82) is 0 Å². The fourth-order valence-electron chi connectivity index (χ4n) is 3.86. The van der Waals surface area contributed by atoms with Gasteiger partial charge in [-0.15, -0.1) is 0 Å². The van der Waals surface area contributed by atoms with Gasteiger partial charge in [-0.3, -0.25) is 9.59 Å². The van der Waals surface area contributed by atoms with Crippen LogP contribution < -0.4 is 10.1 Å². The van der Waals surface area contributed by atoms with Gasteiger partial charge >= 0.3 is 0 Å². The molecule has 0 radical (unpaired) electrons. The largest absolute Gasteiger partial charge is 0.494 e. The molecule has 0 spiro atoms. The molecule has 1 N–H and O–H groups in total. The summed E-state index contributed by atoms with van der Waals surface area (Å²) in [5, 5.41) is 3.71. The number of para-hydroxylation sites is 1. The van der Waals surface area contributed by atoms with E-state index in [-0.39, 0.29) is 17.9 Å². The smallest absolute Gasteiger partial charge is 0.242 e. The van der Waals surface area contributed by atoms with Crippen LogP contribution in [0.5, 0.6) is 5.75 Å². The quantitative estimate of drug-likeness (QED) is 0.528. The van der Waals surface area contributed by atoms with Crippen molar-refractivity contribution >= 4 is 23.4 Å². The van der Waals surface area contributed by atoms with Crippen molar-refractivity contribution in [2.75, 3.05) is 6.61 Å². The summed E-state index contributed by atoms with van der Waals surface area (Å²) in [6, 6.07) is 16.6. The summed E-state index contributed by atoms with van der Waals surface area (Å²) in [4.78, 5) is 27.6. The van der Waals surface area contributed by atoms with Crippen LogP contribution in [0.3, 0.4) is 0 Å². The first-order chi connectivity index (χ1) is 15.0. The van der Waals surface area contributed by atoms with Gasteiger partial charge in [-0.05, 0) is 49.9 Å². The lowest BCUT2D eigenvalue weighted by molar-refractivity contribution is -0.141. The number of rotatable bonds is 10. The van der Waals surface area contributed by atoms with Gasteiger partial charge in [0.05, 0.1) is 6.61 Å². The Kier molecular flexibility index (Phi) is 8.77. The molecule has 5 nitrogen and oxygen atoms in total. The van der Waals surface area contributed by atoms with Gasteiger partial charge in [0.25, 0.3) is 0 Å². The lowest BCUT2D eigenvalue weighted by atomic mass is 10.1. The van der Waals surface area contributed by atoms with Crippen LogP contribution in [0.2, 0.25) is 5.02 Å². The molecule has 1 aliphatic carbocycles. The SMILES string of the molecule is C[C@H](C(=O)NC1CCCC1)N(Cc1ccccc1Cl)C(=O)CCCOc1ccccc1. The minimum atomic E-state index is -0.570. The average molecular weight is 443 g/mol. The normalized spacial score (nSPS) is 14.8. The second-order valence-corrected chi connectivity index (χ2v) is 8.45. The van der Waals surface area contributed by atoms with E-state index >= 15 is 0 Å². The molecule has 0 aromatic heterocycles. The maximum absolute atomic E-state index is 13.1. The maximum atomic E-state index is 13.1. The van der Waals surface area contributed by atoms with E-state index in [2.05, 4.69) is 5.32 Å². The molecule has 6 heteroatoms. The van der Waals surface area contributed by atoms with Crippen molar-refractivity contribution < 1.29 is 14.3 Å². The lowest BCUT2D eigenvalue weighted by Crippen LogP contribution is -2.49. The number of halogens is 1. The lowest BCUT2D eigenvalue weighted by Gasteiger charge is -2.30. The number of amides is 2. The molecule has 0 unspecified atom stereocenters. The predicted molar refractivity (Wildman–Crippen MR) is 123 cm³/mol. The molecule has 1 saturated carbocycles. The number of hydrogen-bond donors (Lipinski definition) is 1. The Hall–Kier alpha value is -2.53. The fraction of sp³-hybridized carbons (Fsp3) is 0.440. The van der Waals surface area contributed by atoms with Crippen molar-refractivity contribution in [3.05, 3.63) is 65.2 Å². The van der Waals surface area contributed by atoms with Crippen molar-refractivity contribution in [3.8, 4) is 5.75 Å². The molecule has 1 aliphatic rings.